The van der Waals surface area contributed by atoms with Crippen LogP contribution < -0.4 is 0 Å². The van der Waals surface area contributed by atoms with Crippen molar-refractivity contribution < 1.29 is 9.90 Å². The van der Waals surface area contributed by atoms with E-state index >= 15 is 0 Å². The fourth-order valence-electron chi connectivity index (χ4n) is 3.13. The van der Waals surface area contributed by atoms with E-state index in [4.69, 9.17) is 0 Å². The van der Waals surface area contributed by atoms with Gasteiger partial charge in [-0.3, -0.25) is 9.69 Å². The summed E-state index contributed by atoms with van der Waals surface area (Å²) >= 11 is 0. The zero-order chi connectivity index (χ0) is 13.4. The van der Waals surface area contributed by atoms with Crippen molar-refractivity contribution in [1.82, 2.24) is 9.88 Å². The van der Waals surface area contributed by atoms with Gasteiger partial charge >= 0.3 is 5.97 Å². The highest BCUT2D eigenvalue weighted by molar-refractivity contribution is 5.81. The molecule has 2 heterocycles. The molecule has 1 aromatic heterocycles. The largest absolute Gasteiger partial charge is 0.481 e. The van der Waals surface area contributed by atoms with Gasteiger partial charge in [0, 0.05) is 11.2 Å². The molecular weight excluding hydrogens is 240 g/mol. The van der Waals surface area contributed by atoms with Crippen LogP contribution in [0.25, 0.3) is 10.9 Å². The lowest BCUT2D eigenvalue weighted by atomic mass is 9.87. The number of nitrogens with one attached hydrogen (secondary N) is 1. The lowest BCUT2D eigenvalue weighted by molar-refractivity contribution is -0.146. The Labute approximate surface area is 112 Å². The molecule has 1 saturated heterocycles. The summed E-state index contributed by atoms with van der Waals surface area (Å²) in [6, 6.07) is 10.1. The third-order valence-corrected chi connectivity index (χ3v) is 4.07. The predicted octanol–water partition coefficient (Wildman–Crippen LogP) is 2.64. The van der Waals surface area contributed by atoms with Crippen molar-refractivity contribution in [3.63, 3.8) is 0 Å². The van der Waals surface area contributed by atoms with Crippen LogP contribution in [-0.4, -0.2) is 34.6 Å². The van der Waals surface area contributed by atoms with Crippen molar-refractivity contribution in [3.8, 4) is 0 Å². The maximum atomic E-state index is 11.5. The molecule has 0 unspecified atom stereocenters. The van der Waals surface area contributed by atoms with Gasteiger partial charge in [0.1, 0.15) is 0 Å². The molecule has 2 N–H and O–H groups in total. The summed E-state index contributed by atoms with van der Waals surface area (Å²) in [6.07, 6.45) is 1.70. The van der Waals surface area contributed by atoms with Gasteiger partial charge in [0.2, 0.25) is 0 Å². The number of para-hydroxylation sites is 1. The van der Waals surface area contributed by atoms with E-state index in [1.807, 2.05) is 31.3 Å². The topological polar surface area (TPSA) is 56.3 Å². The van der Waals surface area contributed by atoms with Crippen LogP contribution in [0.4, 0.5) is 0 Å². The fraction of sp³-hybridized carbons (Fsp3) is 0.400. The number of aromatic amines is 1. The van der Waals surface area contributed by atoms with Crippen LogP contribution in [0.3, 0.4) is 0 Å². The van der Waals surface area contributed by atoms with Crippen molar-refractivity contribution in [2.24, 2.45) is 5.92 Å². The zero-order valence-electron chi connectivity index (χ0n) is 11.0. The van der Waals surface area contributed by atoms with Gasteiger partial charge in [-0.15, -0.1) is 0 Å². The van der Waals surface area contributed by atoms with E-state index in [1.54, 1.807) is 0 Å². The van der Waals surface area contributed by atoms with E-state index in [-0.39, 0.29) is 12.0 Å². The summed E-state index contributed by atoms with van der Waals surface area (Å²) in [7, 11) is 2.01. The Morgan fingerprint density at radius 1 is 1.42 bits per heavy atom. The number of carboxylic acids is 1. The van der Waals surface area contributed by atoms with Crippen molar-refractivity contribution >= 4 is 16.9 Å². The quantitative estimate of drug-likeness (QED) is 0.870. The lowest BCUT2D eigenvalue weighted by Crippen LogP contribution is -2.39. The number of H-pyrrole nitrogens is 1. The molecule has 2 atom stereocenters. The van der Waals surface area contributed by atoms with Crippen LogP contribution in [0, 0.1) is 5.92 Å². The molecule has 1 fully saturated rings. The predicted molar refractivity (Wildman–Crippen MR) is 74.0 cm³/mol. The smallest absolute Gasteiger partial charge is 0.308 e. The lowest BCUT2D eigenvalue weighted by Gasteiger charge is -2.36. The van der Waals surface area contributed by atoms with Gasteiger partial charge in [-0.2, -0.15) is 0 Å². The molecule has 1 aliphatic rings. The van der Waals surface area contributed by atoms with Gasteiger partial charge in [-0.05, 0) is 44.0 Å². The molecule has 100 valence electrons. The Balaban J connectivity index is 2.03. The standard InChI is InChI=1S/C15H18N2O2/c1-17-8-4-6-11(15(18)19)14(17)13-9-10-5-2-3-7-12(10)16-13/h2-3,5,7,9,11,14,16H,4,6,8H2,1H3,(H,18,19)/t11-,14-/m1/s1. The number of carboxylic acid groups (broad SMARTS) is 1. The highest BCUT2D eigenvalue weighted by Gasteiger charge is 2.36. The van der Waals surface area contributed by atoms with Gasteiger partial charge in [-0.1, -0.05) is 18.2 Å². The molecule has 0 amide bonds. The highest BCUT2D eigenvalue weighted by Crippen LogP contribution is 2.35. The number of likely N-dealkylation sites (tertiary alicyclic amines) is 1. The van der Waals surface area contributed by atoms with Crippen LogP contribution >= 0.6 is 0 Å². The van der Waals surface area contributed by atoms with Crippen molar-refractivity contribution in [3.05, 3.63) is 36.0 Å². The molecule has 4 nitrogen and oxygen atoms in total. The van der Waals surface area contributed by atoms with Crippen molar-refractivity contribution in [2.45, 2.75) is 18.9 Å². The van der Waals surface area contributed by atoms with E-state index in [1.165, 1.54) is 0 Å². The Hall–Kier alpha value is -1.81. The van der Waals surface area contributed by atoms with E-state index < -0.39 is 5.97 Å². The first-order valence-corrected chi connectivity index (χ1v) is 6.67. The SMILES string of the molecule is CN1CCC[C@@H](C(=O)O)[C@@H]1c1cc2ccccc2[nH]1. The fourth-order valence-corrected chi connectivity index (χ4v) is 3.13. The summed E-state index contributed by atoms with van der Waals surface area (Å²) in [5, 5.41) is 10.6. The second kappa shape index (κ2) is 4.70. The molecule has 3 rings (SSSR count). The van der Waals surface area contributed by atoms with Crippen LogP contribution in [0.5, 0.6) is 0 Å². The van der Waals surface area contributed by atoms with Gasteiger partial charge in [0.15, 0.2) is 0 Å². The molecule has 0 spiro atoms. The van der Waals surface area contributed by atoms with Crippen LogP contribution in [-0.2, 0) is 4.79 Å². The molecule has 0 aliphatic carbocycles. The molecule has 0 saturated carbocycles. The van der Waals surface area contributed by atoms with Crippen molar-refractivity contribution in [1.29, 1.82) is 0 Å². The number of nitrogens with zero attached hydrogens (tertiary/aromatic N) is 1. The van der Waals surface area contributed by atoms with E-state index in [2.05, 4.69) is 16.0 Å². The first kappa shape index (κ1) is 12.2. The summed E-state index contributed by atoms with van der Waals surface area (Å²) in [6.45, 7) is 0.948. The summed E-state index contributed by atoms with van der Waals surface area (Å²) in [5.74, 6) is -1.03. The van der Waals surface area contributed by atoms with Crippen LogP contribution in [0.15, 0.2) is 30.3 Å². The third-order valence-electron chi connectivity index (χ3n) is 4.07. The minimum atomic E-state index is -0.699. The first-order chi connectivity index (χ1) is 9.16. The average Bonchev–Trinajstić information content (AvgIpc) is 2.81. The minimum Gasteiger partial charge on any atom is -0.481 e. The van der Waals surface area contributed by atoms with E-state index in [9.17, 15) is 9.90 Å². The Bertz CT molecular complexity index is 572. The number of hydrogen-bond donors (Lipinski definition) is 2. The van der Waals surface area contributed by atoms with Gasteiger partial charge in [-0.25, -0.2) is 0 Å². The maximum Gasteiger partial charge on any atom is 0.308 e. The number of rotatable bonds is 2. The summed E-state index contributed by atoms with van der Waals surface area (Å²) in [4.78, 5) is 17.0. The van der Waals surface area contributed by atoms with E-state index in [0.29, 0.717) is 0 Å². The highest BCUT2D eigenvalue weighted by atomic mass is 16.4. The molecule has 0 bridgehead atoms. The summed E-state index contributed by atoms with van der Waals surface area (Å²) in [5.41, 5.74) is 2.08. The van der Waals surface area contributed by atoms with Crippen LogP contribution in [0.2, 0.25) is 0 Å². The Morgan fingerprint density at radius 3 is 2.95 bits per heavy atom. The summed E-state index contributed by atoms with van der Waals surface area (Å²) < 4.78 is 0. The Morgan fingerprint density at radius 2 is 2.21 bits per heavy atom. The molecule has 1 aliphatic heterocycles. The molecule has 2 aromatic rings. The number of hydrogen-bond acceptors (Lipinski definition) is 2. The van der Waals surface area contributed by atoms with Crippen LogP contribution in [0.1, 0.15) is 24.6 Å². The number of aliphatic carboxylic acids is 1. The van der Waals surface area contributed by atoms with Gasteiger partial charge in [0.05, 0.1) is 12.0 Å². The Kier molecular flexibility index (Phi) is 3.03. The first-order valence-electron chi connectivity index (χ1n) is 6.67. The number of carbonyl (C=O) groups is 1. The third kappa shape index (κ3) is 2.12. The molecule has 4 heteroatoms. The number of piperidine rings is 1. The maximum absolute atomic E-state index is 11.5. The molecular formula is C15H18N2O2. The molecule has 0 radical (unpaired) electrons. The molecule has 1 aromatic carbocycles. The number of benzene rings is 1. The average molecular weight is 258 g/mol. The van der Waals surface area contributed by atoms with Gasteiger partial charge in [0.25, 0.3) is 0 Å². The van der Waals surface area contributed by atoms with Gasteiger partial charge < -0.3 is 10.1 Å². The molecule has 19 heavy (non-hydrogen) atoms. The second-order valence-corrected chi connectivity index (χ2v) is 5.32. The number of fused-ring (bicyclic) bond motifs is 1. The zero-order valence-corrected chi connectivity index (χ0v) is 11.0. The minimum absolute atomic E-state index is 0.0568. The van der Waals surface area contributed by atoms with Crippen molar-refractivity contribution in [2.75, 3.05) is 13.6 Å². The second-order valence-electron chi connectivity index (χ2n) is 5.32. The van der Waals surface area contributed by atoms with E-state index in [0.717, 1.165) is 36.0 Å². The number of aromatic nitrogens is 1. The monoisotopic (exact) mass is 258 g/mol. The normalized spacial score (nSPS) is 24.7.